The summed E-state index contributed by atoms with van der Waals surface area (Å²) >= 11 is 0. The minimum atomic E-state index is -1.72. The number of hydrogen-bond acceptors (Lipinski definition) is 7. The number of carboxylic acid groups (broad SMARTS) is 1. The number of carbonyl (C=O) groups excluding carboxylic acids is 3. The first-order chi connectivity index (χ1) is 9.90. The molecule has 0 aromatic carbocycles. The second-order valence-corrected chi connectivity index (χ2v) is 3.58. The van der Waals surface area contributed by atoms with Gasteiger partial charge >= 0.3 is 11.9 Å². The number of pyridine rings is 1. The van der Waals surface area contributed by atoms with Gasteiger partial charge in [0.05, 0.1) is 6.20 Å². The van der Waals surface area contributed by atoms with Crippen molar-refractivity contribution in [2.45, 2.75) is 20.3 Å². The fraction of sp³-hybridized carbons (Fsp3) is 0.273. The molecule has 0 fully saturated rings. The van der Waals surface area contributed by atoms with Crippen molar-refractivity contribution in [3.8, 4) is 11.5 Å². The van der Waals surface area contributed by atoms with E-state index in [1.54, 1.807) is 0 Å². The molecule has 0 aliphatic heterocycles. The number of hydrogen-bond donors (Lipinski definition) is 0. The Bertz CT molecular complexity index is 650. The fourth-order valence-corrected chi connectivity index (χ4v) is 1.31. The maximum absolute atomic E-state index is 11.4. The molecule has 10 heteroatoms. The summed E-state index contributed by atoms with van der Waals surface area (Å²) in [4.78, 5) is 35.8. The number of ether oxygens (including phenoxy) is 2. The zero-order chi connectivity index (χ0) is 16.0. The molecule has 0 spiro atoms. The summed E-state index contributed by atoms with van der Waals surface area (Å²) in [5.74, 6) is -2.81. The second-order valence-electron chi connectivity index (χ2n) is 3.58. The van der Waals surface area contributed by atoms with Gasteiger partial charge in [0.2, 0.25) is 17.7 Å². The Labute approximate surface area is 118 Å². The summed E-state index contributed by atoms with van der Waals surface area (Å²) in [6, 6.07) is 1.06. The Balaban J connectivity index is 3.56. The van der Waals surface area contributed by atoms with Crippen LogP contribution in [-0.2, 0) is 9.59 Å². The van der Waals surface area contributed by atoms with E-state index in [1.165, 1.54) is 6.92 Å². The molecule has 1 heterocycles. The van der Waals surface area contributed by atoms with Gasteiger partial charge in [-0.05, 0) is 10.6 Å². The first-order valence-electron chi connectivity index (χ1n) is 5.64. The van der Waals surface area contributed by atoms with E-state index in [0.29, 0.717) is 4.57 Å². The third-order valence-corrected chi connectivity index (χ3v) is 2.12. The highest BCUT2D eigenvalue weighted by Crippen LogP contribution is 2.35. The van der Waals surface area contributed by atoms with E-state index in [0.717, 1.165) is 19.2 Å². The smallest absolute Gasteiger partial charge is 0.311 e. The molecule has 1 aromatic heterocycles. The van der Waals surface area contributed by atoms with Gasteiger partial charge in [-0.25, -0.2) is 4.57 Å². The van der Waals surface area contributed by atoms with Crippen LogP contribution in [0.2, 0.25) is 0 Å². The summed E-state index contributed by atoms with van der Waals surface area (Å²) in [5.41, 5.74) is 8.50. The van der Waals surface area contributed by atoms with Crippen molar-refractivity contribution in [1.29, 1.82) is 0 Å². The highest BCUT2D eigenvalue weighted by molar-refractivity contribution is 5.77. The van der Waals surface area contributed by atoms with E-state index in [-0.39, 0.29) is 12.2 Å². The number of nitrogens with zero attached hydrogens (tertiary/aromatic N) is 4. The molecule has 10 nitrogen and oxygen atoms in total. The Morgan fingerprint density at radius 3 is 2.57 bits per heavy atom. The quantitative estimate of drug-likeness (QED) is 0.257. The van der Waals surface area contributed by atoms with E-state index >= 15 is 0 Å². The molecule has 0 unspecified atom stereocenters. The lowest BCUT2D eigenvalue weighted by Crippen LogP contribution is -2.51. The van der Waals surface area contributed by atoms with Gasteiger partial charge in [-0.2, -0.15) is 0 Å². The minimum absolute atomic E-state index is 0.0323. The summed E-state index contributed by atoms with van der Waals surface area (Å²) in [6.07, 6.45) is -0.823. The molecule has 0 aliphatic rings. The van der Waals surface area contributed by atoms with Crippen LogP contribution >= 0.6 is 0 Å². The number of aromatic nitrogens is 1. The first-order valence-corrected chi connectivity index (χ1v) is 5.64. The predicted molar refractivity (Wildman–Crippen MR) is 63.5 cm³/mol. The summed E-state index contributed by atoms with van der Waals surface area (Å²) in [6.45, 7) is 2.59. The van der Waals surface area contributed by atoms with Crippen LogP contribution in [0.1, 0.15) is 20.3 Å². The Hall–Kier alpha value is -3.13. The van der Waals surface area contributed by atoms with Crippen molar-refractivity contribution >= 4 is 23.8 Å². The van der Waals surface area contributed by atoms with Crippen molar-refractivity contribution in [1.82, 2.24) is 0 Å². The van der Waals surface area contributed by atoms with Crippen LogP contribution in [0.25, 0.3) is 10.4 Å². The van der Waals surface area contributed by atoms with Gasteiger partial charge in [-0.3, -0.25) is 9.59 Å². The predicted octanol–water partition coefficient (Wildman–Crippen LogP) is 0.348. The van der Waals surface area contributed by atoms with Crippen molar-refractivity contribution in [2.24, 2.45) is 5.11 Å². The number of rotatable bonds is 4. The van der Waals surface area contributed by atoms with Crippen LogP contribution in [0, 0.1) is 0 Å². The minimum Gasteiger partial charge on any atom is -0.510 e. The van der Waals surface area contributed by atoms with Crippen LogP contribution in [-0.4, -0.2) is 18.0 Å². The third kappa shape index (κ3) is 3.91. The molecule has 0 N–H and O–H groups in total. The van der Waals surface area contributed by atoms with E-state index in [2.05, 4.69) is 10.0 Å². The van der Waals surface area contributed by atoms with Gasteiger partial charge in [0, 0.05) is 24.3 Å². The molecule has 21 heavy (non-hydrogen) atoms. The van der Waals surface area contributed by atoms with Crippen LogP contribution in [0.3, 0.4) is 0 Å². The molecular weight excluding hydrogens is 284 g/mol. The van der Waals surface area contributed by atoms with Crippen LogP contribution < -0.4 is 19.1 Å². The molecule has 0 aliphatic carbocycles. The average Bonchev–Trinajstić information content (AvgIpc) is 2.41. The van der Waals surface area contributed by atoms with Crippen molar-refractivity contribution in [3.05, 3.63) is 22.7 Å². The Morgan fingerprint density at radius 1 is 1.43 bits per heavy atom. The van der Waals surface area contributed by atoms with E-state index in [4.69, 9.17) is 15.0 Å². The van der Waals surface area contributed by atoms with Gasteiger partial charge in [0.25, 0.3) is 0 Å². The maximum atomic E-state index is 11.4. The molecule has 0 amide bonds. The lowest BCUT2D eigenvalue weighted by atomic mass is 10.3. The monoisotopic (exact) mass is 294 g/mol. The highest BCUT2D eigenvalue weighted by atomic mass is 16.6. The normalized spacial score (nSPS) is 9.43. The lowest BCUT2D eigenvalue weighted by Gasteiger charge is -2.13. The molecule has 1 aromatic rings. The lowest BCUT2D eigenvalue weighted by molar-refractivity contribution is -0.619. The second kappa shape index (κ2) is 6.87. The van der Waals surface area contributed by atoms with Crippen LogP contribution in [0.5, 0.6) is 11.5 Å². The largest absolute Gasteiger partial charge is 0.510 e. The van der Waals surface area contributed by atoms with Crippen molar-refractivity contribution in [3.63, 3.8) is 0 Å². The molecule has 0 saturated heterocycles. The third-order valence-electron chi connectivity index (χ3n) is 2.12. The highest BCUT2D eigenvalue weighted by Gasteiger charge is 2.22. The van der Waals surface area contributed by atoms with Crippen molar-refractivity contribution < 1.29 is 33.5 Å². The van der Waals surface area contributed by atoms with Gasteiger partial charge in [0.1, 0.15) is 0 Å². The van der Waals surface area contributed by atoms with Gasteiger partial charge in [0.15, 0.2) is 5.75 Å². The Morgan fingerprint density at radius 2 is 2.10 bits per heavy atom. The Kier molecular flexibility index (Phi) is 5.21. The van der Waals surface area contributed by atoms with Crippen molar-refractivity contribution in [2.75, 3.05) is 0 Å². The SMILES string of the molecule is CCC(=O)Oc1c(OC(C)=O)cc[n+](C(=O)[O-])c1N=[N+]=[N-]. The molecule has 0 radical (unpaired) electrons. The number of azide groups is 1. The van der Waals surface area contributed by atoms with E-state index in [1.807, 2.05) is 0 Å². The fourth-order valence-electron chi connectivity index (χ4n) is 1.31. The molecule has 110 valence electrons. The zero-order valence-electron chi connectivity index (χ0n) is 11.1. The van der Waals surface area contributed by atoms with Crippen LogP contribution in [0.15, 0.2) is 17.4 Å². The first kappa shape index (κ1) is 15.9. The number of carbonyl (C=O) groups is 3. The average molecular weight is 294 g/mol. The maximum Gasteiger partial charge on any atom is 0.311 e. The van der Waals surface area contributed by atoms with Gasteiger partial charge in [-0.1, -0.05) is 6.92 Å². The molecule has 1 rings (SSSR count). The summed E-state index contributed by atoms with van der Waals surface area (Å²) < 4.78 is 10.1. The number of esters is 2. The summed E-state index contributed by atoms with van der Waals surface area (Å²) in [5, 5.41) is 14.1. The van der Waals surface area contributed by atoms with Gasteiger partial charge in [-0.15, -0.1) is 0 Å². The standard InChI is InChI=1S/C11H10N4O6/c1-3-8(17)21-9-7(20-6(2)16)4-5-15(11(18)19)10(9)13-14-12/h4-5H,3H2,1-2H3. The van der Waals surface area contributed by atoms with Crippen LogP contribution in [0.4, 0.5) is 10.6 Å². The molecule has 0 atom stereocenters. The zero-order valence-corrected chi connectivity index (χ0v) is 11.1. The topological polar surface area (TPSA) is 145 Å². The summed E-state index contributed by atoms with van der Waals surface area (Å²) in [7, 11) is 0. The van der Waals surface area contributed by atoms with Gasteiger partial charge < -0.3 is 19.4 Å². The molecule has 0 saturated carbocycles. The molecular formula is C11H10N4O6. The van der Waals surface area contributed by atoms with E-state index in [9.17, 15) is 19.5 Å². The van der Waals surface area contributed by atoms with E-state index < -0.39 is 29.6 Å². The molecule has 0 bridgehead atoms.